The molecule has 5 aromatic rings. The van der Waals surface area contributed by atoms with Gasteiger partial charge in [-0.2, -0.15) is 19.0 Å². The number of rotatable bonds is 10. The second-order valence-corrected chi connectivity index (χ2v) is 14.6. The number of aryl methyl sites for hydroxylation is 1. The molecule has 10 nitrogen and oxygen atoms in total. The number of aliphatic hydroxyl groups is 1. The van der Waals surface area contributed by atoms with Crippen molar-refractivity contribution in [2.45, 2.75) is 76.5 Å². The zero-order valence-corrected chi connectivity index (χ0v) is 33.5. The van der Waals surface area contributed by atoms with Gasteiger partial charge in [0.25, 0.3) is 12.3 Å². The number of carbonyl (C=O) groups is 1. The minimum atomic E-state index is -3.50. The standard InChI is InChI=1S/C38H34ClF6N7O3S.C2H6/c1-51-33-25(5-6-27(39)30(33)36(49-51)50-56-2)24-4-3-23(7-9-37(54)11-13-55-14-12-37)46-31(24)28(17-20-15-21(40)18-22(41)16-20)47-29(53)19-52-34-26(8-10-38(34,44)45)32(48-52)35(42)43;1-2/h3-6,15-16,18,28,35,54H,8,10-14,17,19H2,1-2H3,(H,47,53)(H,49,50);1-2H3/t28-;/m0./s1. The van der Waals surface area contributed by atoms with Gasteiger partial charge in [-0.15, -0.1) is 0 Å². The van der Waals surface area contributed by atoms with Crippen LogP contribution >= 0.6 is 23.5 Å². The maximum Gasteiger partial charge on any atom is 0.290 e. The summed E-state index contributed by atoms with van der Waals surface area (Å²) in [4.78, 5) is 18.7. The van der Waals surface area contributed by atoms with Crippen LogP contribution in [0.15, 0.2) is 42.5 Å². The van der Waals surface area contributed by atoms with Crippen molar-refractivity contribution < 1.29 is 41.0 Å². The van der Waals surface area contributed by atoms with E-state index in [9.17, 15) is 36.2 Å². The first-order chi connectivity index (χ1) is 27.7. The zero-order chi connectivity index (χ0) is 41.9. The summed E-state index contributed by atoms with van der Waals surface area (Å²) < 4.78 is 97.6. The highest BCUT2D eigenvalue weighted by molar-refractivity contribution is 7.99. The number of carbonyl (C=O) groups excluding carboxylic acids is 1. The first-order valence-electron chi connectivity index (χ1n) is 18.5. The number of benzene rings is 2. The number of amides is 1. The van der Waals surface area contributed by atoms with E-state index in [0.717, 1.165) is 12.1 Å². The van der Waals surface area contributed by atoms with Gasteiger partial charge in [0.2, 0.25) is 5.91 Å². The molecule has 2 aromatic carbocycles. The predicted octanol–water partition coefficient (Wildman–Crippen LogP) is 8.45. The Bertz CT molecular complexity index is 2370. The molecule has 1 aliphatic carbocycles. The molecule has 1 atom stereocenters. The van der Waals surface area contributed by atoms with Gasteiger partial charge in [-0.1, -0.05) is 49.4 Å². The molecule has 4 heterocycles. The Morgan fingerprint density at radius 1 is 1.03 bits per heavy atom. The molecule has 2 aliphatic rings. The van der Waals surface area contributed by atoms with Crippen molar-refractivity contribution >= 4 is 46.2 Å². The molecule has 1 saturated heterocycles. The molecule has 308 valence electrons. The summed E-state index contributed by atoms with van der Waals surface area (Å²) in [5.74, 6) is 0.0540. The van der Waals surface area contributed by atoms with Gasteiger partial charge in [0.1, 0.15) is 40.9 Å². The molecule has 18 heteroatoms. The summed E-state index contributed by atoms with van der Waals surface area (Å²) >= 11 is 7.98. The number of aromatic nitrogens is 5. The summed E-state index contributed by atoms with van der Waals surface area (Å²) in [5, 5.41) is 23.1. The largest absolute Gasteiger partial charge is 0.381 e. The van der Waals surface area contributed by atoms with Crippen molar-refractivity contribution in [3.8, 4) is 23.0 Å². The molecule has 3 N–H and O–H groups in total. The van der Waals surface area contributed by atoms with Gasteiger partial charge in [0.05, 0.1) is 40.9 Å². The molecule has 0 radical (unpaired) electrons. The lowest BCUT2D eigenvalue weighted by Crippen LogP contribution is -2.35. The summed E-state index contributed by atoms with van der Waals surface area (Å²) in [6.07, 6.45) is -2.14. The van der Waals surface area contributed by atoms with Crippen LogP contribution in [0.3, 0.4) is 0 Å². The highest BCUT2D eigenvalue weighted by Crippen LogP contribution is 2.45. The number of hydrogen-bond donors (Lipinski definition) is 3. The number of ether oxygens (including phenoxy) is 1. The van der Waals surface area contributed by atoms with E-state index in [2.05, 4.69) is 32.1 Å². The second-order valence-electron chi connectivity index (χ2n) is 13.6. The van der Waals surface area contributed by atoms with Gasteiger partial charge in [0.15, 0.2) is 5.82 Å². The molecule has 7 rings (SSSR count). The quantitative estimate of drug-likeness (QED) is 0.0729. The smallest absolute Gasteiger partial charge is 0.290 e. The average molecular weight is 848 g/mol. The highest BCUT2D eigenvalue weighted by atomic mass is 35.5. The fourth-order valence-electron chi connectivity index (χ4n) is 7.24. The third-order valence-electron chi connectivity index (χ3n) is 9.74. The van der Waals surface area contributed by atoms with E-state index >= 15 is 0 Å². The van der Waals surface area contributed by atoms with Gasteiger partial charge in [-0.25, -0.2) is 22.5 Å². The molecule has 1 aliphatic heterocycles. The molecule has 1 fully saturated rings. The van der Waals surface area contributed by atoms with Crippen LogP contribution in [0.2, 0.25) is 5.02 Å². The third-order valence-corrected chi connectivity index (χ3v) is 10.5. The monoisotopic (exact) mass is 847 g/mol. The van der Waals surface area contributed by atoms with E-state index in [-0.39, 0.29) is 48.2 Å². The van der Waals surface area contributed by atoms with Crippen molar-refractivity contribution in [1.82, 2.24) is 29.9 Å². The summed E-state index contributed by atoms with van der Waals surface area (Å²) in [6, 6.07) is 8.26. The van der Waals surface area contributed by atoms with Crippen LogP contribution < -0.4 is 10.0 Å². The Hall–Kier alpha value is -4.76. The first kappa shape index (κ1) is 42.8. The van der Waals surface area contributed by atoms with Crippen molar-refractivity contribution in [2.75, 3.05) is 24.2 Å². The minimum absolute atomic E-state index is 0.105. The number of nitrogens with one attached hydrogen (secondary N) is 2. The molecule has 0 spiro atoms. The third kappa shape index (κ3) is 8.95. The van der Waals surface area contributed by atoms with Gasteiger partial charge in [-0.05, 0) is 54.7 Å². The normalized spacial score (nSPS) is 15.9. The topological polar surface area (TPSA) is 119 Å². The lowest BCUT2D eigenvalue weighted by molar-refractivity contribution is -0.122. The summed E-state index contributed by atoms with van der Waals surface area (Å²) in [5.41, 5.74) is -1.32. The summed E-state index contributed by atoms with van der Waals surface area (Å²) in [6.45, 7) is 3.73. The Labute approximate surface area is 339 Å². The van der Waals surface area contributed by atoms with Crippen LogP contribution in [-0.4, -0.2) is 60.6 Å². The minimum Gasteiger partial charge on any atom is -0.381 e. The fraction of sp³-hybridized carbons (Fsp3) is 0.400. The van der Waals surface area contributed by atoms with Gasteiger partial charge in [-0.3, -0.25) is 14.2 Å². The van der Waals surface area contributed by atoms with Crippen molar-refractivity contribution in [1.29, 1.82) is 0 Å². The number of anilines is 1. The Morgan fingerprint density at radius 3 is 2.40 bits per heavy atom. The number of pyridine rings is 1. The Balaban J connectivity index is 0.00000279. The van der Waals surface area contributed by atoms with Crippen LogP contribution in [-0.2, 0) is 41.9 Å². The highest BCUT2D eigenvalue weighted by Gasteiger charge is 2.46. The van der Waals surface area contributed by atoms with Crippen LogP contribution in [0.5, 0.6) is 0 Å². The zero-order valence-electron chi connectivity index (χ0n) is 31.9. The average Bonchev–Trinajstić information content (AvgIpc) is 3.82. The van der Waals surface area contributed by atoms with Crippen molar-refractivity contribution in [3.05, 3.63) is 93.0 Å². The second kappa shape index (κ2) is 17.6. The Kier molecular flexibility index (Phi) is 13.0. The van der Waals surface area contributed by atoms with Gasteiger partial charge < -0.3 is 19.9 Å². The van der Waals surface area contributed by atoms with Crippen molar-refractivity contribution in [2.24, 2.45) is 7.05 Å². The number of fused-ring (bicyclic) bond motifs is 2. The maximum atomic E-state index is 15.0. The van der Waals surface area contributed by atoms with E-state index in [4.69, 9.17) is 21.3 Å². The first-order valence-corrected chi connectivity index (χ1v) is 20.1. The van der Waals surface area contributed by atoms with E-state index in [1.165, 1.54) is 11.9 Å². The SMILES string of the molecule is CC.CSNc1nn(C)c2c(-c3ccc(C#CC4(O)CCOCC4)nc3[C@H](Cc3cc(F)cc(F)c3)NC(=O)Cn3nc(C(F)F)c4c3C(F)(F)CC4)ccc(Cl)c12. The maximum absolute atomic E-state index is 15.0. The van der Waals surface area contributed by atoms with Crippen molar-refractivity contribution in [3.63, 3.8) is 0 Å². The molecule has 1 amide bonds. The van der Waals surface area contributed by atoms with Gasteiger partial charge >= 0.3 is 0 Å². The number of hydrogen-bond acceptors (Lipinski definition) is 8. The number of nitrogens with zero attached hydrogens (tertiary/aromatic N) is 5. The number of alkyl halides is 4. The summed E-state index contributed by atoms with van der Waals surface area (Å²) in [7, 11) is 1.70. The molecule has 0 saturated carbocycles. The molecule has 58 heavy (non-hydrogen) atoms. The van der Waals surface area contributed by atoms with E-state index in [0.29, 0.717) is 56.8 Å². The van der Waals surface area contributed by atoms with E-state index in [1.807, 2.05) is 20.1 Å². The van der Waals surface area contributed by atoms with Crippen LogP contribution in [0.4, 0.5) is 32.2 Å². The van der Waals surface area contributed by atoms with E-state index in [1.54, 1.807) is 36.0 Å². The lowest BCUT2D eigenvalue weighted by Gasteiger charge is -2.26. The molecule has 0 bridgehead atoms. The fourth-order valence-corrected chi connectivity index (χ4v) is 7.81. The van der Waals surface area contributed by atoms with E-state index < -0.39 is 65.9 Å². The molecular weight excluding hydrogens is 808 g/mol. The molecule has 3 aromatic heterocycles. The predicted molar refractivity (Wildman–Crippen MR) is 210 cm³/mol. The van der Waals surface area contributed by atoms with Crippen LogP contribution in [0.1, 0.15) is 79.5 Å². The lowest BCUT2D eigenvalue weighted by atomic mass is 9.93. The van der Waals surface area contributed by atoms with Crippen LogP contribution in [0, 0.1) is 23.5 Å². The molecule has 0 unspecified atom stereocenters. The van der Waals surface area contributed by atoms with Crippen LogP contribution in [0.25, 0.3) is 22.0 Å². The Morgan fingerprint density at radius 2 is 1.72 bits per heavy atom. The van der Waals surface area contributed by atoms with Gasteiger partial charge in [0, 0.05) is 55.3 Å². The number of halogens is 7. The molecular formula is C40H40ClF6N7O3S.